The Morgan fingerprint density at radius 1 is 1.19 bits per heavy atom. The second kappa shape index (κ2) is 7.90. The van der Waals surface area contributed by atoms with E-state index >= 15 is 0 Å². The number of aryl methyl sites for hydroxylation is 1. The van der Waals surface area contributed by atoms with E-state index in [2.05, 4.69) is 22.7 Å². The van der Waals surface area contributed by atoms with Gasteiger partial charge in [0.1, 0.15) is 5.82 Å². The number of hydrogen-bond acceptors (Lipinski definition) is 4. The first-order valence-electron chi connectivity index (χ1n) is 8.80. The van der Waals surface area contributed by atoms with Crippen molar-refractivity contribution in [3.63, 3.8) is 0 Å². The molecule has 2 aromatic heterocycles. The maximum Gasteiger partial charge on any atom is 0.291 e. The van der Waals surface area contributed by atoms with Crippen molar-refractivity contribution in [2.45, 2.75) is 33.2 Å². The standard InChI is InChI=1S/C20H22N4O3/c1-4-14(3)24-18(9-10-21-24)23-19(25)15-8-7-13(2)16(12-15)22-20(26)17-6-5-11-27-17/h5-12,14H,4H2,1-3H3,(H,22,26)(H,23,25). The van der Waals surface area contributed by atoms with Gasteiger partial charge in [0, 0.05) is 17.3 Å². The smallest absolute Gasteiger partial charge is 0.291 e. The fourth-order valence-corrected chi connectivity index (χ4v) is 2.62. The molecule has 0 aliphatic heterocycles. The lowest BCUT2D eigenvalue weighted by molar-refractivity contribution is 0.0993. The van der Waals surface area contributed by atoms with Crippen LogP contribution in [0.4, 0.5) is 11.5 Å². The number of nitrogens with zero attached hydrogens (tertiary/aromatic N) is 2. The summed E-state index contributed by atoms with van der Waals surface area (Å²) in [5.41, 5.74) is 1.84. The van der Waals surface area contributed by atoms with E-state index in [0.29, 0.717) is 17.1 Å². The second-order valence-electron chi connectivity index (χ2n) is 6.33. The summed E-state index contributed by atoms with van der Waals surface area (Å²) >= 11 is 0. The molecule has 2 N–H and O–H groups in total. The first-order chi connectivity index (χ1) is 13.0. The third kappa shape index (κ3) is 4.08. The lowest BCUT2D eigenvalue weighted by atomic mass is 10.1. The number of anilines is 2. The van der Waals surface area contributed by atoms with Gasteiger partial charge in [-0.25, -0.2) is 4.68 Å². The number of carbonyl (C=O) groups is 2. The Balaban J connectivity index is 1.78. The van der Waals surface area contributed by atoms with Crippen LogP contribution in [-0.2, 0) is 0 Å². The number of carbonyl (C=O) groups excluding carboxylic acids is 2. The summed E-state index contributed by atoms with van der Waals surface area (Å²) in [6.07, 6.45) is 4.00. The summed E-state index contributed by atoms with van der Waals surface area (Å²) in [7, 11) is 0. The van der Waals surface area contributed by atoms with E-state index in [-0.39, 0.29) is 23.6 Å². The van der Waals surface area contributed by atoms with Crippen LogP contribution in [0.3, 0.4) is 0 Å². The minimum atomic E-state index is -0.365. The van der Waals surface area contributed by atoms with E-state index in [1.807, 2.05) is 13.8 Å². The molecule has 1 unspecified atom stereocenters. The summed E-state index contributed by atoms with van der Waals surface area (Å²) in [4.78, 5) is 24.9. The molecule has 1 aromatic carbocycles. The topological polar surface area (TPSA) is 89.2 Å². The van der Waals surface area contributed by atoms with E-state index in [1.54, 1.807) is 47.3 Å². The third-order valence-corrected chi connectivity index (χ3v) is 4.41. The SMILES string of the molecule is CCC(C)n1nccc1NC(=O)c1ccc(C)c(NC(=O)c2ccco2)c1. The minimum absolute atomic E-state index is 0.177. The highest BCUT2D eigenvalue weighted by molar-refractivity contribution is 6.06. The zero-order chi connectivity index (χ0) is 19.4. The maximum absolute atomic E-state index is 12.7. The van der Waals surface area contributed by atoms with Gasteiger partial charge in [-0.1, -0.05) is 13.0 Å². The van der Waals surface area contributed by atoms with Gasteiger partial charge in [-0.2, -0.15) is 5.10 Å². The van der Waals surface area contributed by atoms with Crippen LogP contribution in [0.2, 0.25) is 0 Å². The van der Waals surface area contributed by atoms with Crippen molar-refractivity contribution in [1.82, 2.24) is 9.78 Å². The molecule has 0 bridgehead atoms. The molecule has 7 nitrogen and oxygen atoms in total. The van der Waals surface area contributed by atoms with Crippen LogP contribution in [0, 0.1) is 6.92 Å². The normalized spacial score (nSPS) is 11.8. The molecule has 3 aromatic rings. The van der Waals surface area contributed by atoms with Crippen molar-refractivity contribution >= 4 is 23.3 Å². The minimum Gasteiger partial charge on any atom is -0.459 e. The van der Waals surface area contributed by atoms with Crippen LogP contribution in [-0.4, -0.2) is 21.6 Å². The van der Waals surface area contributed by atoms with Gasteiger partial charge in [0.05, 0.1) is 18.5 Å². The fourth-order valence-electron chi connectivity index (χ4n) is 2.62. The second-order valence-corrected chi connectivity index (χ2v) is 6.33. The molecule has 3 rings (SSSR count). The molecule has 140 valence electrons. The van der Waals surface area contributed by atoms with Gasteiger partial charge in [-0.05, 0) is 50.1 Å². The number of aromatic nitrogens is 2. The van der Waals surface area contributed by atoms with Crippen LogP contribution in [0.15, 0.2) is 53.3 Å². The zero-order valence-electron chi connectivity index (χ0n) is 15.5. The van der Waals surface area contributed by atoms with E-state index < -0.39 is 0 Å². The molecule has 1 atom stereocenters. The van der Waals surface area contributed by atoms with Crippen molar-refractivity contribution in [1.29, 1.82) is 0 Å². The predicted octanol–water partition coefficient (Wildman–Crippen LogP) is 4.26. The monoisotopic (exact) mass is 366 g/mol. The average molecular weight is 366 g/mol. The number of rotatable bonds is 6. The van der Waals surface area contributed by atoms with Gasteiger partial charge in [0.2, 0.25) is 0 Å². The number of nitrogens with one attached hydrogen (secondary N) is 2. The van der Waals surface area contributed by atoms with E-state index in [1.165, 1.54) is 6.26 Å². The number of furan rings is 1. The lowest BCUT2D eigenvalue weighted by Crippen LogP contribution is -2.18. The first-order valence-corrected chi connectivity index (χ1v) is 8.80. The molecule has 2 heterocycles. The summed E-state index contributed by atoms with van der Waals surface area (Å²) in [5, 5.41) is 9.92. The molecule has 0 saturated heterocycles. The van der Waals surface area contributed by atoms with Crippen LogP contribution in [0.1, 0.15) is 52.8 Å². The maximum atomic E-state index is 12.7. The summed E-state index contributed by atoms with van der Waals surface area (Å²) in [6.45, 7) is 5.96. The van der Waals surface area contributed by atoms with Crippen LogP contribution in [0.5, 0.6) is 0 Å². The number of benzene rings is 1. The van der Waals surface area contributed by atoms with Gasteiger partial charge < -0.3 is 15.1 Å². The van der Waals surface area contributed by atoms with Crippen LogP contribution in [0.25, 0.3) is 0 Å². The fraction of sp³-hybridized carbons (Fsp3) is 0.250. The Morgan fingerprint density at radius 3 is 2.70 bits per heavy atom. The molecule has 7 heteroatoms. The van der Waals surface area contributed by atoms with Crippen molar-refractivity contribution in [3.05, 3.63) is 65.7 Å². The molecular weight excluding hydrogens is 344 g/mol. The largest absolute Gasteiger partial charge is 0.459 e. The van der Waals surface area contributed by atoms with Gasteiger partial charge in [-0.3, -0.25) is 9.59 Å². The predicted molar refractivity (Wildman–Crippen MR) is 103 cm³/mol. The van der Waals surface area contributed by atoms with Crippen LogP contribution >= 0.6 is 0 Å². The quantitative estimate of drug-likeness (QED) is 0.682. The average Bonchev–Trinajstić information content (AvgIpc) is 3.34. The summed E-state index contributed by atoms with van der Waals surface area (Å²) in [6, 6.07) is 10.3. The highest BCUT2D eigenvalue weighted by atomic mass is 16.3. The highest BCUT2D eigenvalue weighted by Crippen LogP contribution is 2.21. The van der Waals surface area contributed by atoms with E-state index in [9.17, 15) is 9.59 Å². The van der Waals surface area contributed by atoms with Gasteiger partial charge in [0.15, 0.2) is 5.76 Å². The number of hydrogen-bond donors (Lipinski definition) is 2. The van der Waals surface area contributed by atoms with Gasteiger partial charge in [-0.15, -0.1) is 0 Å². The third-order valence-electron chi connectivity index (χ3n) is 4.41. The van der Waals surface area contributed by atoms with Crippen molar-refractivity contribution < 1.29 is 14.0 Å². The van der Waals surface area contributed by atoms with Crippen LogP contribution < -0.4 is 10.6 Å². The summed E-state index contributed by atoms with van der Waals surface area (Å²) in [5.74, 6) is 0.210. The number of amides is 2. The Morgan fingerprint density at radius 2 is 2.00 bits per heavy atom. The Kier molecular flexibility index (Phi) is 5.40. The molecule has 0 radical (unpaired) electrons. The lowest BCUT2D eigenvalue weighted by Gasteiger charge is -2.15. The van der Waals surface area contributed by atoms with Crippen molar-refractivity contribution in [2.75, 3.05) is 10.6 Å². The molecule has 0 aliphatic rings. The first kappa shape index (κ1) is 18.4. The van der Waals surface area contributed by atoms with Gasteiger partial charge >= 0.3 is 0 Å². The molecular formula is C20H22N4O3. The molecule has 0 saturated carbocycles. The Hall–Kier alpha value is -3.35. The molecule has 0 fully saturated rings. The molecule has 0 aliphatic carbocycles. The van der Waals surface area contributed by atoms with E-state index in [4.69, 9.17) is 4.42 Å². The van der Waals surface area contributed by atoms with Crippen molar-refractivity contribution in [2.24, 2.45) is 0 Å². The summed E-state index contributed by atoms with van der Waals surface area (Å²) < 4.78 is 6.88. The highest BCUT2D eigenvalue weighted by Gasteiger charge is 2.15. The zero-order valence-corrected chi connectivity index (χ0v) is 15.5. The Bertz CT molecular complexity index is 944. The molecule has 0 spiro atoms. The van der Waals surface area contributed by atoms with Crippen molar-refractivity contribution in [3.8, 4) is 0 Å². The van der Waals surface area contributed by atoms with E-state index in [0.717, 1.165) is 12.0 Å². The Labute approximate surface area is 157 Å². The van der Waals surface area contributed by atoms with Gasteiger partial charge in [0.25, 0.3) is 11.8 Å². The molecule has 27 heavy (non-hydrogen) atoms. The molecule has 2 amide bonds.